The lowest BCUT2D eigenvalue weighted by Crippen LogP contribution is -2.54. The molecule has 0 aromatic carbocycles. The van der Waals surface area contributed by atoms with Gasteiger partial charge in [-0.3, -0.25) is 4.39 Å². The highest BCUT2D eigenvalue weighted by Crippen LogP contribution is 2.17. The molecule has 5 nitrogen and oxygen atoms in total. The number of alkyl halides is 1. The molecule has 1 amide bonds. The van der Waals surface area contributed by atoms with Crippen LogP contribution >= 0.6 is 0 Å². The number of hydrogen-bond acceptors (Lipinski definition) is 4. The molecule has 112 valence electrons. The number of rotatable bonds is 4. The van der Waals surface area contributed by atoms with Crippen LogP contribution in [0.2, 0.25) is 0 Å². The van der Waals surface area contributed by atoms with E-state index >= 15 is 0 Å². The molecular formula is C13H25FN2O3. The topological polar surface area (TPSA) is 64.8 Å². The number of carbonyl (C=O) groups is 1. The third kappa shape index (κ3) is 5.74. The second-order valence-corrected chi connectivity index (χ2v) is 5.83. The number of carbonyl (C=O) groups excluding carboxylic acids is 1. The van der Waals surface area contributed by atoms with E-state index in [0.29, 0.717) is 32.5 Å². The van der Waals surface area contributed by atoms with Gasteiger partial charge in [0.2, 0.25) is 0 Å². The van der Waals surface area contributed by atoms with E-state index in [1.165, 1.54) is 0 Å². The third-order valence-corrected chi connectivity index (χ3v) is 2.87. The molecule has 1 fully saturated rings. The lowest BCUT2D eigenvalue weighted by molar-refractivity contribution is -0.0295. The summed E-state index contributed by atoms with van der Waals surface area (Å²) in [5.74, 6) is 0. The first-order valence-corrected chi connectivity index (χ1v) is 6.74. The summed E-state index contributed by atoms with van der Waals surface area (Å²) in [5.41, 5.74) is 5.44. The number of likely N-dealkylation sites (tertiary alicyclic amines) is 1. The summed E-state index contributed by atoms with van der Waals surface area (Å²) in [5, 5.41) is 0. The molecule has 0 radical (unpaired) electrons. The highest BCUT2D eigenvalue weighted by molar-refractivity contribution is 5.68. The molecule has 1 aliphatic heterocycles. The molecule has 0 unspecified atom stereocenters. The molecule has 0 bridgehead atoms. The van der Waals surface area contributed by atoms with Crippen molar-refractivity contribution in [3.63, 3.8) is 0 Å². The van der Waals surface area contributed by atoms with Crippen LogP contribution in [0.25, 0.3) is 0 Å². The summed E-state index contributed by atoms with van der Waals surface area (Å²) in [4.78, 5) is 13.5. The van der Waals surface area contributed by atoms with Crippen LogP contribution in [0.1, 0.15) is 33.6 Å². The Balaban J connectivity index is 2.46. The average molecular weight is 276 g/mol. The van der Waals surface area contributed by atoms with Gasteiger partial charge in [0.15, 0.2) is 0 Å². The Morgan fingerprint density at radius 1 is 1.47 bits per heavy atom. The van der Waals surface area contributed by atoms with Gasteiger partial charge in [0.1, 0.15) is 5.60 Å². The fourth-order valence-corrected chi connectivity index (χ4v) is 1.89. The first kappa shape index (κ1) is 16.2. The molecule has 1 saturated heterocycles. The lowest BCUT2D eigenvalue weighted by atomic mass is 10.0. The number of piperidine rings is 1. The fourth-order valence-electron chi connectivity index (χ4n) is 1.89. The second-order valence-electron chi connectivity index (χ2n) is 5.83. The van der Waals surface area contributed by atoms with Crippen molar-refractivity contribution in [2.24, 2.45) is 5.73 Å². The minimum atomic E-state index is -0.513. The molecule has 0 saturated carbocycles. The zero-order valence-electron chi connectivity index (χ0n) is 12.0. The van der Waals surface area contributed by atoms with Crippen molar-refractivity contribution in [3.05, 3.63) is 0 Å². The Morgan fingerprint density at radius 2 is 2.16 bits per heavy atom. The van der Waals surface area contributed by atoms with Crippen molar-refractivity contribution >= 4 is 6.09 Å². The van der Waals surface area contributed by atoms with Crippen molar-refractivity contribution in [2.45, 2.75) is 51.4 Å². The van der Waals surface area contributed by atoms with E-state index in [0.717, 1.165) is 0 Å². The average Bonchev–Trinajstić information content (AvgIpc) is 2.29. The van der Waals surface area contributed by atoms with E-state index in [1.807, 2.05) is 20.8 Å². The normalized spacial score (nSPS) is 24.4. The fraction of sp³-hybridized carbons (Fsp3) is 0.923. The Hall–Kier alpha value is -0.880. The van der Waals surface area contributed by atoms with Gasteiger partial charge in [-0.1, -0.05) is 0 Å². The van der Waals surface area contributed by atoms with Gasteiger partial charge in [-0.2, -0.15) is 0 Å². The minimum Gasteiger partial charge on any atom is -0.444 e. The molecule has 2 atom stereocenters. The summed E-state index contributed by atoms with van der Waals surface area (Å²) >= 11 is 0. The molecule has 0 aromatic rings. The van der Waals surface area contributed by atoms with E-state index < -0.39 is 12.3 Å². The smallest absolute Gasteiger partial charge is 0.410 e. The molecule has 1 rings (SSSR count). The zero-order valence-corrected chi connectivity index (χ0v) is 12.0. The van der Waals surface area contributed by atoms with Gasteiger partial charge in [0.05, 0.1) is 19.3 Å². The van der Waals surface area contributed by atoms with Crippen LogP contribution in [0.4, 0.5) is 9.18 Å². The molecule has 0 aromatic heterocycles. The Bertz CT molecular complexity index is 294. The van der Waals surface area contributed by atoms with Gasteiger partial charge >= 0.3 is 6.09 Å². The van der Waals surface area contributed by atoms with Crippen molar-refractivity contribution < 1.29 is 18.7 Å². The van der Waals surface area contributed by atoms with Gasteiger partial charge in [-0.05, 0) is 33.6 Å². The van der Waals surface area contributed by atoms with Crippen LogP contribution in [0.3, 0.4) is 0 Å². The van der Waals surface area contributed by atoms with Gasteiger partial charge in [-0.25, -0.2) is 4.79 Å². The second kappa shape index (κ2) is 7.05. The Kier molecular flexibility index (Phi) is 6.00. The van der Waals surface area contributed by atoms with Crippen LogP contribution in [-0.2, 0) is 9.47 Å². The van der Waals surface area contributed by atoms with Crippen LogP contribution in [-0.4, -0.2) is 55.1 Å². The molecule has 0 spiro atoms. The number of nitrogens with zero attached hydrogens (tertiary/aromatic N) is 1. The van der Waals surface area contributed by atoms with Crippen molar-refractivity contribution in [3.8, 4) is 0 Å². The maximum atomic E-state index is 12.0. The summed E-state index contributed by atoms with van der Waals surface area (Å²) in [6, 6.07) is -0.113. The number of nitrogens with two attached hydrogens (primary N) is 1. The number of amides is 1. The largest absolute Gasteiger partial charge is 0.444 e. The van der Waals surface area contributed by atoms with Crippen LogP contribution in [0.15, 0.2) is 0 Å². The first-order chi connectivity index (χ1) is 8.83. The molecular weight excluding hydrogens is 251 g/mol. The lowest BCUT2D eigenvalue weighted by Gasteiger charge is -2.37. The molecule has 19 heavy (non-hydrogen) atoms. The zero-order chi connectivity index (χ0) is 14.5. The highest BCUT2D eigenvalue weighted by Gasteiger charge is 2.32. The van der Waals surface area contributed by atoms with Gasteiger partial charge < -0.3 is 20.1 Å². The molecule has 2 N–H and O–H groups in total. The summed E-state index contributed by atoms with van der Waals surface area (Å²) in [7, 11) is 0. The summed E-state index contributed by atoms with van der Waals surface area (Å²) in [6.07, 6.45) is 0.432. The van der Waals surface area contributed by atoms with E-state index in [1.54, 1.807) is 4.90 Å². The minimum absolute atomic E-state index is 0.113. The molecule has 1 aliphatic rings. The van der Waals surface area contributed by atoms with Crippen LogP contribution in [0, 0.1) is 0 Å². The Labute approximate surface area is 114 Å². The van der Waals surface area contributed by atoms with E-state index in [9.17, 15) is 9.18 Å². The van der Waals surface area contributed by atoms with E-state index in [-0.39, 0.29) is 18.2 Å². The number of halogens is 1. The Morgan fingerprint density at radius 3 is 2.74 bits per heavy atom. The highest BCUT2D eigenvalue weighted by atomic mass is 19.1. The monoisotopic (exact) mass is 276 g/mol. The number of hydrogen-bond donors (Lipinski definition) is 1. The first-order valence-electron chi connectivity index (χ1n) is 6.74. The summed E-state index contributed by atoms with van der Waals surface area (Å²) < 4.78 is 22.9. The molecule has 6 heteroatoms. The third-order valence-electron chi connectivity index (χ3n) is 2.87. The predicted octanol–water partition coefficient (Wildman–Crippen LogP) is 1.70. The van der Waals surface area contributed by atoms with Gasteiger partial charge in [0, 0.05) is 19.2 Å². The molecule has 1 heterocycles. The number of ether oxygens (including phenoxy) is 2. The van der Waals surface area contributed by atoms with Gasteiger partial charge in [0.25, 0.3) is 0 Å². The SMILES string of the molecule is CC(C)(C)OC(=O)N1CC[C@@H](N)[C@@H](OCCCF)C1. The van der Waals surface area contributed by atoms with Gasteiger partial charge in [-0.15, -0.1) is 0 Å². The predicted molar refractivity (Wildman–Crippen MR) is 70.7 cm³/mol. The van der Waals surface area contributed by atoms with E-state index in [2.05, 4.69) is 0 Å². The molecule has 0 aliphatic carbocycles. The van der Waals surface area contributed by atoms with Crippen LogP contribution < -0.4 is 5.73 Å². The maximum absolute atomic E-state index is 12.0. The van der Waals surface area contributed by atoms with E-state index in [4.69, 9.17) is 15.2 Å². The standard InChI is InChI=1S/C13H25FN2O3/c1-13(2,3)19-12(17)16-7-5-10(15)11(9-16)18-8-4-6-14/h10-11H,4-9,15H2,1-3H3/t10-,11+/m1/s1. The van der Waals surface area contributed by atoms with Crippen molar-refractivity contribution in [1.82, 2.24) is 4.90 Å². The van der Waals surface area contributed by atoms with Crippen molar-refractivity contribution in [1.29, 1.82) is 0 Å². The summed E-state index contributed by atoms with van der Waals surface area (Å²) in [6.45, 7) is 6.39. The maximum Gasteiger partial charge on any atom is 0.410 e. The van der Waals surface area contributed by atoms with Crippen LogP contribution in [0.5, 0.6) is 0 Å². The van der Waals surface area contributed by atoms with Crippen molar-refractivity contribution in [2.75, 3.05) is 26.4 Å². The quantitative estimate of drug-likeness (QED) is 0.794.